The minimum atomic E-state index is -0.753. The molecule has 1 saturated heterocycles. The molecule has 7 heteroatoms. The third-order valence-electron chi connectivity index (χ3n) is 5.92. The zero-order chi connectivity index (χ0) is 22.9. The first-order valence-corrected chi connectivity index (χ1v) is 10.5. The van der Waals surface area contributed by atoms with Crippen molar-refractivity contribution in [3.63, 3.8) is 0 Å². The Morgan fingerprint density at radius 2 is 1.79 bits per heavy atom. The summed E-state index contributed by atoms with van der Waals surface area (Å²) in [6.45, 7) is 0.205. The second-order valence-electron chi connectivity index (χ2n) is 7.80. The monoisotopic (exact) mass is 439 g/mol. The van der Waals surface area contributed by atoms with Crippen LogP contribution in [-0.4, -0.2) is 38.8 Å². The van der Waals surface area contributed by atoms with Gasteiger partial charge in [-0.2, -0.15) is 0 Å². The van der Waals surface area contributed by atoms with E-state index in [4.69, 9.17) is 4.74 Å². The molecule has 164 valence electrons. The van der Waals surface area contributed by atoms with Crippen molar-refractivity contribution in [3.8, 4) is 5.75 Å². The number of nitrogens with zero attached hydrogens (tertiary/aromatic N) is 2. The fourth-order valence-corrected chi connectivity index (χ4v) is 4.28. The average molecular weight is 439 g/mol. The molecule has 1 aliphatic rings. The molecular weight excluding hydrogens is 418 g/mol. The molecule has 1 atom stereocenters. The summed E-state index contributed by atoms with van der Waals surface area (Å²) >= 11 is 0. The van der Waals surface area contributed by atoms with Crippen LogP contribution in [0.1, 0.15) is 22.7 Å². The van der Waals surface area contributed by atoms with Crippen LogP contribution in [0.15, 0.2) is 84.8 Å². The Morgan fingerprint density at radius 1 is 1.06 bits per heavy atom. The van der Waals surface area contributed by atoms with Gasteiger partial charge in [0.15, 0.2) is 0 Å². The molecule has 2 aromatic carbocycles. The highest BCUT2D eigenvalue weighted by Gasteiger charge is 2.46. The summed E-state index contributed by atoms with van der Waals surface area (Å²) in [6, 6.07) is 17.2. The van der Waals surface area contributed by atoms with Gasteiger partial charge in [0.1, 0.15) is 11.5 Å². The minimum Gasteiger partial charge on any atom is -0.507 e. The number of benzene rings is 2. The number of carbonyl (C=O) groups excluding carboxylic acids is 2. The number of amides is 1. The molecule has 5 rings (SSSR count). The van der Waals surface area contributed by atoms with E-state index in [1.54, 1.807) is 62.1 Å². The van der Waals surface area contributed by atoms with Crippen molar-refractivity contribution in [2.24, 2.45) is 0 Å². The van der Waals surface area contributed by atoms with Gasteiger partial charge in [-0.3, -0.25) is 14.6 Å². The number of hydrogen-bond acceptors (Lipinski definition) is 5. The van der Waals surface area contributed by atoms with E-state index in [9.17, 15) is 14.7 Å². The summed E-state index contributed by atoms with van der Waals surface area (Å²) in [7, 11) is 1.55. The van der Waals surface area contributed by atoms with E-state index in [0.717, 1.165) is 22.0 Å². The molecule has 0 spiro atoms. The normalized spacial score (nSPS) is 17.6. The van der Waals surface area contributed by atoms with E-state index < -0.39 is 17.7 Å². The van der Waals surface area contributed by atoms with Crippen LogP contribution < -0.4 is 4.74 Å². The molecule has 0 aliphatic carbocycles. The number of para-hydroxylation sites is 1. The van der Waals surface area contributed by atoms with E-state index in [-0.39, 0.29) is 17.9 Å². The maximum absolute atomic E-state index is 13.2. The Morgan fingerprint density at radius 3 is 2.52 bits per heavy atom. The number of Topliss-reactive ketones (excluding diaryl/α,β-unsaturated/α-hetero) is 1. The second-order valence-corrected chi connectivity index (χ2v) is 7.80. The van der Waals surface area contributed by atoms with E-state index in [1.807, 2.05) is 24.3 Å². The molecule has 1 unspecified atom stereocenters. The van der Waals surface area contributed by atoms with Gasteiger partial charge < -0.3 is 19.7 Å². The van der Waals surface area contributed by atoms with E-state index in [2.05, 4.69) is 9.97 Å². The second kappa shape index (κ2) is 8.27. The summed E-state index contributed by atoms with van der Waals surface area (Å²) in [5, 5.41) is 12.1. The number of aliphatic hydroxyl groups is 1. The molecule has 4 aromatic rings. The first kappa shape index (κ1) is 20.5. The molecule has 2 aromatic heterocycles. The largest absolute Gasteiger partial charge is 0.507 e. The lowest BCUT2D eigenvalue weighted by Crippen LogP contribution is -2.29. The van der Waals surface area contributed by atoms with Crippen molar-refractivity contribution >= 4 is 28.4 Å². The Bertz CT molecular complexity index is 1370. The van der Waals surface area contributed by atoms with Crippen LogP contribution in [0.4, 0.5) is 0 Å². The van der Waals surface area contributed by atoms with Crippen molar-refractivity contribution in [1.29, 1.82) is 0 Å². The first-order valence-electron chi connectivity index (χ1n) is 10.5. The van der Waals surface area contributed by atoms with Crippen LogP contribution in [0, 0.1) is 0 Å². The number of ether oxygens (including phenoxy) is 1. The van der Waals surface area contributed by atoms with Gasteiger partial charge >= 0.3 is 0 Å². The average Bonchev–Trinajstić information content (AvgIpc) is 3.38. The number of ketones is 1. The molecule has 7 nitrogen and oxygen atoms in total. The van der Waals surface area contributed by atoms with Gasteiger partial charge in [-0.1, -0.05) is 18.2 Å². The molecule has 33 heavy (non-hydrogen) atoms. The smallest absolute Gasteiger partial charge is 0.295 e. The molecule has 3 heterocycles. The lowest BCUT2D eigenvalue weighted by atomic mass is 9.95. The summed E-state index contributed by atoms with van der Waals surface area (Å²) < 4.78 is 5.19. The number of aromatic nitrogens is 2. The number of rotatable bonds is 5. The van der Waals surface area contributed by atoms with Crippen LogP contribution in [0.5, 0.6) is 5.75 Å². The van der Waals surface area contributed by atoms with Crippen LogP contribution in [0.25, 0.3) is 16.7 Å². The van der Waals surface area contributed by atoms with Crippen LogP contribution in [0.2, 0.25) is 0 Å². The standard InChI is InChI=1S/C26H21N3O4/c1-33-18-8-6-17(7-9-18)24(30)22-23(20-14-28-21-5-3-2-4-19(20)21)29(26(32)25(22)31)15-16-10-12-27-13-11-16/h2-14,23,28,30H,15H2,1H3/b24-22+. The lowest BCUT2D eigenvalue weighted by molar-refractivity contribution is -0.140. The molecule has 0 saturated carbocycles. The zero-order valence-electron chi connectivity index (χ0n) is 17.9. The summed E-state index contributed by atoms with van der Waals surface area (Å²) in [4.78, 5) is 35.2. The van der Waals surface area contributed by atoms with Crippen molar-refractivity contribution < 1.29 is 19.4 Å². The van der Waals surface area contributed by atoms with Gasteiger partial charge in [-0.05, 0) is 48.0 Å². The quantitative estimate of drug-likeness (QED) is 0.276. The van der Waals surface area contributed by atoms with E-state index in [0.29, 0.717) is 11.3 Å². The molecule has 2 N–H and O–H groups in total. The molecule has 1 fully saturated rings. The third-order valence-corrected chi connectivity index (χ3v) is 5.92. The SMILES string of the molecule is COc1ccc(/C(O)=C2\C(=O)C(=O)N(Cc3ccncc3)C2c2c[nH]c3ccccc23)cc1. The van der Waals surface area contributed by atoms with Crippen LogP contribution in [-0.2, 0) is 16.1 Å². The predicted molar refractivity (Wildman–Crippen MR) is 123 cm³/mol. The zero-order valence-corrected chi connectivity index (χ0v) is 17.9. The van der Waals surface area contributed by atoms with Gasteiger partial charge in [0, 0.05) is 47.2 Å². The van der Waals surface area contributed by atoms with Gasteiger partial charge in [0.25, 0.3) is 11.7 Å². The maximum Gasteiger partial charge on any atom is 0.295 e. The van der Waals surface area contributed by atoms with Gasteiger partial charge in [0.05, 0.1) is 18.7 Å². The van der Waals surface area contributed by atoms with Crippen molar-refractivity contribution in [2.45, 2.75) is 12.6 Å². The van der Waals surface area contributed by atoms with Crippen molar-refractivity contribution in [1.82, 2.24) is 14.9 Å². The van der Waals surface area contributed by atoms with Gasteiger partial charge in [-0.15, -0.1) is 0 Å². The number of aliphatic hydroxyl groups excluding tert-OH is 1. The summed E-state index contributed by atoms with van der Waals surface area (Å²) in [6.07, 6.45) is 5.08. The number of likely N-dealkylation sites (tertiary alicyclic amines) is 1. The lowest BCUT2D eigenvalue weighted by Gasteiger charge is -2.25. The topological polar surface area (TPSA) is 95.5 Å². The minimum absolute atomic E-state index is 0.0592. The number of aromatic amines is 1. The third kappa shape index (κ3) is 3.53. The Labute approximate surface area is 190 Å². The predicted octanol–water partition coefficient (Wildman–Crippen LogP) is 4.19. The first-order chi connectivity index (χ1) is 16.1. The molecule has 1 amide bonds. The van der Waals surface area contributed by atoms with Gasteiger partial charge in [-0.25, -0.2) is 0 Å². The summed E-state index contributed by atoms with van der Waals surface area (Å²) in [5.41, 5.74) is 2.95. The molecule has 0 radical (unpaired) electrons. The molecular formula is C26H21N3O4. The highest BCUT2D eigenvalue weighted by Crippen LogP contribution is 2.42. The number of fused-ring (bicyclic) bond motifs is 1. The number of H-pyrrole nitrogens is 1. The highest BCUT2D eigenvalue weighted by molar-refractivity contribution is 6.46. The molecule has 0 bridgehead atoms. The van der Waals surface area contributed by atoms with E-state index in [1.165, 1.54) is 4.90 Å². The summed E-state index contributed by atoms with van der Waals surface area (Å²) in [5.74, 6) is -0.966. The number of methoxy groups -OCH3 is 1. The Hall–Kier alpha value is -4.39. The number of hydrogen-bond donors (Lipinski definition) is 2. The van der Waals surface area contributed by atoms with Crippen LogP contribution >= 0.6 is 0 Å². The number of carbonyl (C=O) groups is 2. The number of pyridine rings is 1. The maximum atomic E-state index is 13.2. The van der Waals surface area contributed by atoms with E-state index >= 15 is 0 Å². The molecule has 1 aliphatic heterocycles. The Balaban J connectivity index is 1.69. The van der Waals surface area contributed by atoms with Gasteiger partial charge in [0.2, 0.25) is 0 Å². The van der Waals surface area contributed by atoms with Crippen LogP contribution in [0.3, 0.4) is 0 Å². The van der Waals surface area contributed by atoms with Crippen molar-refractivity contribution in [2.75, 3.05) is 7.11 Å². The highest BCUT2D eigenvalue weighted by atomic mass is 16.5. The number of nitrogens with one attached hydrogen (secondary N) is 1. The fraction of sp³-hybridized carbons (Fsp3) is 0.115. The Kier molecular flexibility index (Phi) is 5.14. The van der Waals surface area contributed by atoms with Crippen molar-refractivity contribution in [3.05, 3.63) is 102 Å². The fourth-order valence-electron chi connectivity index (χ4n) is 4.28.